The van der Waals surface area contributed by atoms with E-state index in [0.717, 1.165) is 5.56 Å². The maximum Gasteiger partial charge on any atom is 0.417 e. The number of H-pyrrole nitrogens is 1. The van der Waals surface area contributed by atoms with Crippen LogP contribution in [0, 0.1) is 0 Å². The lowest BCUT2D eigenvalue weighted by molar-refractivity contribution is 0.307. The standard InChI is InChI=1S/C10H13N3O2/c1-13(2)9(11)6-3-4-8-7(5-6)12-10(14)15-8/h3-5,9H,11H2,1-2H3,(H,12,14). The van der Waals surface area contributed by atoms with E-state index in [-0.39, 0.29) is 6.17 Å². The maximum absolute atomic E-state index is 10.9. The molecule has 0 amide bonds. The summed E-state index contributed by atoms with van der Waals surface area (Å²) in [6.07, 6.45) is -0.187. The van der Waals surface area contributed by atoms with Crippen LogP contribution < -0.4 is 11.5 Å². The van der Waals surface area contributed by atoms with Gasteiger partial charge in [-0.2, -0.15) is 0 Å². The van der Waals surface area contributed by atoms with E-state index < -0.39 is 5.76 Å². The van der Waals surface area contributed by atoms with Crippen molar-refractivity contribution in [2.75, 3.05) is 14.1 Å². The predicted octanol–water partition coefficient (Wildman–Crippen LogP) is 0.640. The van der Waals surface area contributed by atoms with Crippen LogP contribution in [0.4, 0.5) is 0 Å². The van der Waals surface area contributed by atoms with Gasteiger partial charge in [-0.3, -0.25) is 9.88 Å². The number of oxazole rings is 1. The monoisotopic (exact) mass is 207 g/mol. The Labute approximate surface area is 86.5 Å². The number of aromatic amines is 1. The Morgan fingerprint density at radius 1 is 1.47 bits per heavy atom. The lowest BCUT2D eigenvalue weighted by Gasteiger charge is -2.19. The highest BCUT2D eigenvalue weighted by Crippen LogP contribution is 2.17. The molecular formula is C10H13N3O2. The fraction of sp³-hybridized carbons (Fsp3) is 0.300. The first-order valence-corrected chi connectivity index (χ1v) is 4.63. The highest BCUT2D eigenvalue weighted by molar-refractivity contribution is 5.72. The van der Waals surface area contributed by atoms with Gasteiger partial charge in [-0.25, -0.2) is 4.79 Å². The molecule has 80 valence electrons. The van der Waals surface area contributed by atoms with Gasteiger partial charge in [0.1, 0.15) is 0 Å². The lowest BCUT2D eigenvalue weighted by Crippen LogP contribution is -2.27. The summed E-state index contributed by atoms with van der Waals surface area (Å²) in [4.78, 5) is 15.4. The van der Waals surface area contributed by atoms with Crippen molar-refractivity contribution in [3.63, 3.8) is 0 Å². The Morgan fingerprint density at radius 3 is 2.87 bits per heavy atom. The van der Waals surface area contributed by atoms with Crippen molar-refractivity contribution in [3.8, 4) is 0 Å². The van der Waals surface area contributed by atoms with Gasteiger partial charge in [0.05, 0.1) is 11.7 Å². The van der Waals surface area contributed by atoms with Crippen molar-refractivity contribution in [2.45, 2.75) is 6.17 Å². The normalized spacial score (nSPS) is 13.6. The van der Waals surface area contributed by atoms with E-state index in [2.05, 4.69) is 4.98 Å². The zero-order chi connectivity index (χ0) is 11.0. The predicted molar refractivity (Wildman–Crippen MR) is 57.5 cm³/mol. The van der Waals surface area contributed by atoms with Crippen molar-refractivity contribution in [3.05, 3.63) is 34.3 Å². The summed E-state index contributed by atoms with van der Waals surface area (Å²) in [5.74, 6) is -0.444. The Bertz CT molecular complexity index is 527. The lowest BCUT2D eigenvalue weighted by atomic mass is 10.1. The van der Waals surface area contributed by atoms with Gasteiger partial charge in [0.2, 0.25) is 0 Å². The number of hydrogen-bond donors (Lipinski definition) is 2. The fourth-order valence-corrected chi connectivity index (χ4v) is 1.45. The maximum atomic E-state index is 10.9. The van der Waals surface area contributed by atoms with Crippen molar-refractivity contribution in [1.29, 1.82) is 0 Å². The van der Waals surface area contributed by atoms with E-state index >= 15 is 0 Å². The summed E-state index contributed by atoms with van der Waals surface area (Å²) in [6.45, 7) is 0. The minimum absolute atomic E-state index is 0.187. The average Bonchev–Trinajstić information content (AvgIpc) is 2.55. The second kappa shape index (κ2) is 3.52. The van der Waals surface area contributed by atoms with E-state index in [0.29, 0.717) is 11.1 Å². The van der Waals surface area contributed by atoms with Gasteiger partial charge in [0, 0.05) is 0 Å². The summed E-state index contributed by atoms with van der Waals surface area (Å²) < 4.78 is 4.90. The SMILES string of the molecule is CN(C)C(N)c1ccc2oc(=O)[nH]c2c1. The van der Waals surface area contributed by atoms with Crippen LogP contribution in [0.3, 0.4) is 0 Å². The van der Waals surface area contributed by atoms with E-state index in [4.69, 9.17) is 10.2 Å². The minimum Gasteiger partial charge on any atom is -0.408 e. The zero-order valence-electron chi connectivity index (χ0n) is 8.65. The first-order valence-electron chi connectivity index (χ1n) is 4.63. The van der Waals surface area contributed by atoms with Crippen LogP contribution in [0.5, 0.6) is 0 Å². The van der Waals surface area contributed by atoms with Crippen LogP contribution in [-0.2, 0) is 0 Å². The third-order valence-corrected chi connectivity index (χ3v) is 2.34. The van der Waals surface area contributed by atoms with Crippen molar-refractivity contribution in [2.24, 2.45) is 5.73 Å². The third kappa shape index (κ3) is 1.79. The van der Waals surface area contributed by atoms with Crippen LogP contribution in [0.2, 0.25) is 0 Å². The summed E-state index contributed by atoms with van der Waals surface area (Å²) >= 11 is 0. The van der Waals surface area contributed by atoms with Crippen molar-refractivity contribution in [1.82, 2.24) is 9.88 Å². The molecule has 5 heteroatoms. The number of hydrogen-bond acceptors (Lipinski definition) is 4. The van der Waals surface area contributed by atoms with Gasteiger partial charge < -0.3 is 10.2 Å². The molecule has 15 heavy (non-hydrogen) atoms. The molecule has 3 N–H and O–H groups in total. The van der Waals surface area contributed by atoms with Gasteiger partial charge in [0.25, 0.3) is 0 Å². The van der Waals surface area contributed by atoms with Crippen molar-refractivity contribution >= 4 is 11.1 Å². The minimum atomic E-state index is -0.444. The smallest absolute Gasteiger partial charge is 0.408 e. The molecule has 1 heterocycles. The largest absolute Gasteiger partial charge is 0.417 e. The Morgan fingerprint density at radius 2 is 2.20 bits per heavy atom. The first-order chi connectivity index (χ1) is 7.08. The molecule has 0 aliphatic rings. The van der Waals surface area contributed by atoms with E-state index in [1.165, 1.54) is 0 Å². The van der Waals surface area contributed by atoms with Gasteiger partial charge in [0.15, 0.2) is 5.58 Å². The number of rotatable bonds is 2. The molecule has 1 aromatic heterocycles. The average molecular weight is 207 g/mol. The second-order valence-electron chi connectivity index (χ2n) is 3.68. The molecular weight excluding hydrogens is 194 g/mol. The third-order valence-electron chi connectivity index (χ3n) is 2.34. The number of nitrogens with zero attached hydrogens (tertiary/aromatic N) is 1. The van der Waals surface area contributed by atoms with E-state index in [1.54, 1.807) is 6.07 Å². The molecule has 1 unspecified atom stereocenters. The first kappa shape index (κ1) is 9.95. The number of fused-ring (bicyclic) bond motifs is 1. The Kier molecular flexibility index (Phi) is 2.34. The molecule has 0 fully saturated rings. The van der Waals surface area contributed by atoms with Crippen LogP contribution in [0.25, 0.3) is 11.1 Å². The molecule has 5 nitrogen and oxygen atoms in total. The molecule has 1 aromatic carbocycles. The molecule has 0 aliphatic carbocycles. The summed E-state index contributed by atoms with van der Waals surface area (Å²) in [5, 5.41) is 0. The van der Waals surface area contributed by atoms with Crippen LogP contribution in [-0.4, -0.2) is 24.0 Å². The molecule has 0 radical (unpaired) electrons. The second-order valence-corrected chi connectivity index (χ2v) is 3.68. The molecule has 0 bridgehead atoms. The number of benzene rings is 1. The molecule has 0 spiro atoms. The van der Waals surface area contributed by atoms with E-state index in [1.807, 2.05) is 31.1 Å². The van der Waals surface area contributed by atoms with Gasteiger partial charge >= 0.3 is 5.76 Å². The molecule has 1 atom stereocenters. The van der Waals surface area contributed by atoms with Crippen LogP contribution >= 0.6 is 0 Å². The highest BCUT2D eigenvalue weighted by Gasteiger charge is 2.10. The Hall–Kier alpha value is -1.59. The fourth-order valence-electron chi connectivity index (χ4n) is 1.45. The quantitative estimate of drug-likeness (QED) is 0.708. The summed E-state index contributed by atoms with van der Waals surface area (Å²) in [6, 6.07) is 5.42. The number of nitrogens with two attached hydrogens (primary N) is 1. The number of aromatic nitrogens is 1. The zero-order valence-corrected chi connectivity index (χ0v) is 8.65. The van der Waals surface area contributed by atoms with Crippen molar-refractivity contribution < 1.29 is 4.42 Å². The Balaban J connectivity index is 2.50. The summed E-state index contributed by atoms with van der Waals surface area (Å²) in [5.41, 5.74) is 8.10. The molecule has 2 aromatic rings. The molecule has 0 aliphatic heterocycles. The van der Waals surface area contributed by atoms with Gasteiger partial charge in [-0.15, -0.1) is 0 Å². The van der Waals surface area contributed by atoms with Crippen LogP contribution in [0.15, 0.2) is 27.4 Å². The molecule has 0 saturated carbocycles. The number of nitrogens with one attached hydrogen (secondary N) is 1. The van der Waals surface area contributed by atoms with Gasteiger partial charge in [-0.05, 0) is 31.8 Å². The molecule has 0 saturated heterocycles. The highest BCUT2D eigenvalue weighted by atomic mass is 16.4. The molecule has 2 rings (SSSR count). The topological polar surface area (TPSA) is 75.3 Å². The van der Waals surface area contributed by atoms with E-state index in [9.17, 15) is 4.79 Å². The van der Waals surface area contributed by atoms with Gasteiger partial charge in [-0.1, -0.05) is 6.07 Å². The summed E-state index contributed by atoms with van der Waals surface area (Å²) in [7, 11) is 3.79. The van der Waals surface area contributed by atoms with Crippen LogP contribution in [0.1, 0.15) is 11.7 Å².